The van der Waals surface area contributed by atoms with Crippen molar-refractivity contribution in [1.82, 2.24) is 4.98 Å². The number of allylic oxidation sites excluding steroid dienone is 2. The number of nitrogens with one attached hydrogen (secondary N) is 1. The first-order valence-electron chi connectivity index (χ1n) is 9.06. The molecule has 1 aliphatic rings. The van der Waals surface area contributed by atoms with Gasteiger partial charge in [-0.25, -0.2) is 4.79 Å². The lowest BCUT2D eigenvalue weighted by Gasteiger charge is -2.14. The summed E-state index contributed by atoms with van der Waals surface area (Å²) in [4.78, 5) is 19.2. The Hall–Kier alpha value is -3.15. The molecule has 2 amide bonds. The summed E-state index contributed by atoms with van der Waals surface area (Å²) in [6.45, 7) is 4.64. The van der Waals surface area contributed by atoms with E-state index < -0.39 is 6.03 Å². The van der Waals surface area contributed by atoms with Gasteiger partial charge < -0.3 is 16.8 Å². The van der Waals surface area contributed by atoms with Gasteiger partial charge in [-0.1, -0.05) is 12.1 Å². The van der Waals surface area contributed by atoms with E-state index in [1.165, 1.54) is 11.1 Å². The Morgan fingerprint density at radius 2 is 2.00 bits per heavy atom. The van der Waals surface area contributed by atoms with Gasteiger partial charge in [0.05, 0.1) is 5.69 Å². The van der Waals surface area contributed by atoms with E-state index in [0.29, 0.717) is 0 Å². The van der Waals surface area contributed by atoms with Crippen molar-refractivity contribution in [3.63, 3.8) is 0 Å². The molecule has 1 aliphatic carbocycles. The molecule has 0 atom stereocenters. The van der Waals surface area contributed by atoms with Gasteiger partial charge in [0.25, 0.3) is 0 Å². The molecule has 144 valence electrons. The summed E-state index contributed by atoms with van der Waals surface area (Å²) in [5, 5.41) is 2.79. The normalized spacial score (nSPS) is 13.0. The van der Waals surface area contributed by atoms with E-state index in [-0.39, 0.29) is 1.43 Å². The molecule has 0 saturated heterocycles. The van der Waals surface area contributed by atoms with E-state index in [4.69, 9.17) is 11.5 Å². The first-order chi connectivity index (χ1) is 13.0. The van der Waals surface area contributed by atoms with Crippen LogP contribution in [0.25, 0.3) is 11.1 Å². The summed E-state index contributed by atoms with van der Waals surface area (Å²) in [6.07, 6.45) is 10.2. The highest BCUT2D eigenvalue weighted by molar-refractivity contribution is 5.95. The Balaban J connectivity index is 0.000000376. The molecule has 2 aromatic rings. The number of rotatable bonds is 4. The Morgan fingerprint density at radius 1 is 1.26 bits per heavy atom. The molecule has 1 heterocycles. The smallest absolute Gasteiger partial charge is 0.316 e. The molecule has 6 nitrogen and oxygen atoms in total. The first-order valence-corrected chi connectivity index (χ1v) is 9.06. The zero-order valence-electron chi connectivity index (χ0n) is 15.9. The van der Waals surface area contributed by atoms with Crippen molar-refractivity contribution in [3.8, 4) is 11.1 Å². The molecule has 0 aliphatic heterocycles. The largest absolute Gasteiger partial charge is 0.402 e. The third-order valence-corrected chi connectivity index (χ3v) is 4.15. The van der Waals surface area contributed by atoms with Crippen LogP contribution in [-0.4, -0.2) is 23.8 Å². The molecule has 0 spiro atoms. The van der Waals surface area contributed by atoms with Crippen LogP contribution >= 0.6 is 0 Å². The Kier molecular flexibility index (Phi) is 7.55. The van der Waals surface area contributed by atoms with Crippen LogP contribution in [-0.2, 0) is 12.8 Å². The van der Waals surface area contributed by atoms with Crippen molar-refractivity contribution in [2.24, 2.45) is 16.5 Å². The second-order valence-corrected chi connectivity index (χ2v) is 6.26. The average Bonchev–Trinajstić information content (AvgIpc) is 3.12. The zero-order chi connectivity index (χ0) is 19.6. The lowest BCUT2D eigenvalue weighted by atomic mass is 9.98. The second kappa shape index (κ2) is 10.1. The maximum absolute atomic E-state index is 11.3. The van der Waals surface area contributed by atoms with Crippen molar-refractivity contribution < 1.29 is 6.22 Å². The van der Waals surface area contributed by atoms with Crippen LogP contribution in [0.15, 0.2) is 53.4 Å². The van der Waals surface area contributed by atoms with Crippen LogP contribution in [0.2, 0.25) is 0 Å². The standard InChI is InChI=1S/C15H15N3O.C6H12N2.H2/c16-15(19)18-14-12-3-1-2-10(12)4-5-13(14)11-6-8-17-9-7-11;1-3-8-5-4-6(2)7;/h4-9H,1-3H2,(H3,16,18,19);4-5H,3,7H2,1-2H3;1H/b;6-4-,8-5?;. The number of nitrogens with zero attached hydrogens (tertiary/aromatic N) is 2. The maximum atomic E-state index is 11.3. The fourth-order valence-corrected chi connectivity index (χ4v) is 2.98. The third-order valence-electron chi connectivity index (χ3n) is 4.15. The van der Waals surface area contributed by atoms with Crippen LogP contribution < -0.4 is 16.8 Å². The third kappa shape index (κ3) is 5.95. The van der Waals surface area contributed by atoms with Crippen molar-refractivity contribution in [2.45, 2.75) is 33.1 Å². The Morgan fingerprint density at radius 3 is 2.63 bits per heavy atom. The minimum Gasteiger partial charge on any atom is -0.402 e. The molecule has 3 rings (SSSR count). The molecule has 27 heavy (non-hydrogen) atoms. The van der Waals surface area contributed by atoms with Gasteiger partial charge in [0.15, 0.2) is 0 Å². The highest BCUT2D eigenvalue weighted by Gasteiger charge is 2.19. The number of pyridine rings is 1. The molecule has 0 fully saturated rings. The number of anilines is 1. The molecule has 0 bridgehead atoms. The van der Waals surface area contributed by atoms with Crippen LogP contribution in [0, 0.1) is 0 Å². The van der Waals surface area contributed by atoms with Gasteiger partial charge in [0, 0.05) is 37.8 Å². The van der Waals surface area contributed by atoms with Crippen molar-refractivity contribution >= 4 is 17.9 Å². The molecule has 0 unspecified atom stereocenters. The van der Waals surface area contributed by atoms with Gasteiger partial charge in [-0.3, -0.25) is 9.98 Å². The predicted molar refractivity (Wildman–Crippen MR) is 114 cm³/mol. The summed E-state index contributed by atoms with van der Waals surface area (Å²) in [5.74, 6) is 0. The topological polar surface area (TPSA) is 106 Å². The fraction of sp³-hybridized carbons (Fsp3) is 0.286. The number of nitrogens with two attached hydrogens (primary N) is 2. The van der Waals surface area contributed by atoms with Crippen molar-refractivity contribution in [2.75, 3.05) is 11.9 Å². The summed E-state index contributed by atoms with van der Waals surface area (Å²) < 4.78 is 0. The number of amides is 2. The lowest BCUT2D eigenvalue weighted by molar-refractivity contribution is 0.259. The number of benzene rings is 1. The van der Waals surface area contributed by atoms with Gasteiger partial charge in [-0.2, -0.15) is 0 Å². The van der Waals surface area contributed by atoms with E-state index in [1.54, 1.807) is 24.7 Å². The Bertz CT molecular complexity index is 830. The Labute approximate surface area is 161 Å². The lowest BCUT2D eigenvalue weighted by Crippen LogP contribution is -2.20. The van der Waals surface area contributed by atoms with Gasteiger partial charge in [-0.15, -0.1) is 0 Å². The molecule has 5 N–H and O–H groups in total. The summed E-state index contributed by atoms with van der Waals surface area (Å²) in [6, 6.07) is 7.54. The van der Waals surface area contributed by atoms with E-state index in [2.05, 4.69) is 21.4 Å². The molecule has 0 saturated carbocycles. The molecular formula is C21H29N5O. The summed E-state index contributed by atoms with van der Waals surface area (Å²) in [7, 11) is 0. The van der Waals surface area contributed by atoms with Crippen LogP contribution in [0.1, 0.15) is 32.8 Å². The quantitative estimate of drug-likeness (QED) is 0.713. The van der Waals surface area contributed by atoms with Crippen LogP contribution in [0.3, 0.4) is 0 Å². The van der Waals surface area contributed by atoms with Gasteiger partial charge in [0.1, 0.15) is 0 Å². The van der Waals surface area contributed by atoms with Crippen LogP contribution in [0.4, 0.5) is 10.5 Å². The summed E-state index contributed by atoms with van der Waals surface area (Å²) >= 11 is 0. The highest BCUT2D eigenvalue weighted by atomic mass is 16.2. The molecular weight excluding hydrogens is 338 g/mol. The molecule has 1 aromatic heterocycles. The minimum atomic E-state index is -0.518. The number of aliphatic imine (C=N–C) groups is 1. The minimum absolute atomic E-state index is 0. The second-order valence-electron chi connectivity index (χ2n) is 6.26. The zero-order valence-corrected chi connectivity index (χ0v) is 15.9. The fourth-order valence-electron chi connectivity index (χ4n) is 2.98. The number of carbonyl (C=O) groups excluding carboxylic acids is 1. The molecule has 1 aromatic carbocycles. The molecule has 0 radical (unpaired) electrons. The van der Waals surface area contributed by atoms with Crippen molar-refractivity contribution in [1.29, 1.82) is 0 Å². The first kappa shape index (κ1) is 20.2. The number of urea groups is 1. The van der Waals surface area contributed by atoms with E-state index >= 15 is 0 Å². The van der Waals surface area contributed by atoms with E-state index in [1.807, 2.05) is 32.0 Å². The summed E-state index contributed by atoms with van der Waals surface area (Å²) in [5.41, 5.74) is 16.8. The maximum Gasteiger partial charge on any atom is 0.316 e. The van der Waals surface area contributed by atoms with Gasteiger partial charge >= 0.3 is 6.03 Å². The SMILES string of the molecule is CCN=C/C=C(/C)N.NC(=O)Nc1c(-c2ccncc2)ccc2c1CCC2.[HH]. The average molecular weight is 367 g/mol. The van der Waals surface area contributed by atoms with Crippen molar-refractivity contribution in [3.05, 3.63) is 59.6 Å². The van der Waals surface area contributed by atoms with E-state index in [0.717, 1.165) is 48.3 Å². The predicted octanol–water partition coefficient (Wildman–Crippen LogP) is 3.91. The number of carbonyl (C=O) groups is 1. The van der Waals surface area contributed by atoms with Gasteiger partial charge in [0.2, 0.25) is 0 Å². The number of fused-ring (bicyclic) bond motifs is 1. The number of hydrogen-bond acceptors (Lipinski definition) is 4. The number of primary amides is 1. The highest BCUT2D eigenvalue weighted by Crippen LogP contribution is 2.37. The number of aryl methyl sites for hydroxylation is 1. The monoisotopic (exact) mass is 367 g/mol. The van der Waals surface area contributed by atoms with E-state index in [9.17, 15) is 4.79 Å². The number of hydrogen-bond donors (Lipinski definition) is 3. The van der Waals surface area contributed by atoms with Crippen LogP contribution in [0.5, 0.6) is 0 Å². The molecule has 6 heteroatoms. The van der Waals surface area contributed by atoms with Gasteiger partial charge in [-0.05, 0) is 68.0 Å². The number of aromatic nitrogens is 1.